The van der Waals surface area contributed by atoms with Gasteiger partial charge in [-0.15, -0.1) is 22.7 Å². The van der Waals surface area contributed by atoms with Crippen molar-refractivity contribution in [2.45, 2.75) is 13.3 Å². The summed E-state index contributed by atoms with van der Waals surface area (Å²) in [6.07, 6.45) is 2.33. The minimum atomic E-state index is -0.295. The molecule has 2 aromatic carbocycles. The van der Waals surface area contributed by atoms with Crippen molar-refractivity contribution in [3.8, 4) is 10.6 Å². The van der Waals surface area contributed by atoms with Gasteiger partial charge in [0.15, 0.2) is 11.6 Å². The number of aromatic nitrogens is 1. The Morgan fingerprint density at radius 3 is 2.40 bits per heavy atom. The molecule has 1 aliphatic rings. The Bertz CT molecular complexity index is 1350. The van der Waals surface area contributed by atoms with Crippen molar-refractivity contribution in [2.24, 2.45) is 0 Å². The van der Waals surface area contributed by atoms with Crippen molar-refractivity contribution in [1.29, 1.82) is 0 Å². The monoisotopic (exact) mass is 453 g/mol. The number of aryl methyl sites for hydroxylation is 1. The Morgan fingerprint density at radius 2 is 1.73 bits per heavy atom. The van der Waals surface area contributed by atoms with Crippen molar-refractivity contribution < 1.29 is 14.0 Å². The zero-order valence-electron chi connectivity index (χ0n) is 15.7. The molecule has 0 radical (unpaired) electrons. The van der Waals surface area contributed by atoms with Crippen molar-refractivity contribution in [1.82, 2.24) is 4.98 Å². The van der Waals surface area contributed by atoms with Crippen molar-refractivity contribution in [2.75, 3.05) is 0 Å². The van der Waals surface area contributed by atoms with Crippen molar-refractivity contribution in [3.63, 3.8) is 0 Å². The van der Waals surface area contributed by atoms with E-state index in [-0.39, 0.29) is 23.0 Å². The Morgan fingerprint density at radius 1 is 1.03 bits per heavy atom. The minimum Gasteiger partial charge on any atom is -0.288 e. The van der Waals surface area contributed by atoms with Crippen LogP contribution in [0.2, 0.25) is 5.02 Å². The summed E-state index contributed by atoms with van der Waals surface area (Å²) in [5, 5.41) is 1.31. The third kappa shape index (κ3) is 3.12. The average molecular weight is 454 g/mol. The molecular weight excluding hydrogens is 441 g/mol. The highest BCUT2D eigenvalue weighted by molar-refractivity contribution is 7.29. The van der Waals surface area contributed by atoms with Gasteiger partial charge in [-0.1, -0.05) is 18.5 Å². The van der Waals surface area contributed by atoms with Crippen LogP contribution in [0.25, 0.3) is 26.2 Å². The first-order valence-electron chi connectivity index (χ1n) is 9.24. The van der Waals surface area contributed by atoms with Crippen LogP contribution in [0.1, 0.15) is 38.1 Å². The van der Waals surface area contributed by atoms with Gasteiger partial charge in [-0.25, -0.2) is 9.37 Å². The lowest BCUT2D eigenvalue weighted by Gasteiger charge is -2.03. The number of thiophene rings is 1. The number of hydrogen-bond donors (Lipinski definition) is 0. The number of Topliss-reactive ketones (excluding diaryl/α,β-unsaturated/α-hetero) is 2. The molecule has 0 spiro atoms. The molecule has 0 aliphatic heterocycles. The van der Waals surface area contributed by atoms with E-state index in [0.29, 0.717) is 22.6 Å². The third-order valence-electron chi connectivity index (χ3n) is 5.03. The molecule has 0 N–H and O–H groups in total. The van der Waals surface area contributed by atoms with Crippen LogP contribution in [0.4, 0.5) is 4.39 Å². The number of carbonyl (C=O) groups excluding carboxylic acids is 2. The van der Waals surface area contributed by atoms with Gasteiger partial charge in [-0.05, 0) is 60.5 Å². The summed E-state index contributed by atoms with van der Waals surface area (Å²) in [6.45, 7) is 1.96. The number of hydrogen-bond acceptors (Lipinski definition) is 5. The van der Waals surface area contributed by atoms with Crippen LogP contribution in [0, 0.1) is 5.82 Å². The van der Waals surface area contributed by atoms with Crippen molar-refractivity contribution >= 4 is 61.4 Å². The van der Waals surface area contributed by atoms with Crippen LogP contribution in [0.15, 0.2) is 48.0 Å². The largest absolute Gasteiger partial charge is 0.288 e. The number of ketones is 2. The zero-order chi connectivity index (χ0) is 21.0. The fourth-order valence-electron chi connectivity index (χ4n) is 3.47. The second-order valence-electron chi connectivity index (χ2n) is 6.90. The first kappa shape index (κ1) is 19.3. The molecule has 3 nitrogen and oxygen atoms in total. The highest BCUT2D eigenvalue weighted by Gasteiger charge is 2.34. The lowest BCUT2D eigenvalue weighted by molar-refractivity contribution is 0.0990. The standard InChI is InChI=1S/C23H13ClFNO2S2/c1-2-11-7-15-16(10-18(11)24)21(28)17(20(15)27)8-14-9-19-23(29-14)26-22(30-19)12-3-5-13(25)6-4-12/h3-10H,2H2,1H3/b17-8-. The molecular formula is C23H13ClFNO2S2. The summed E-state index contributed by atoms with van der Waals surface area (Å²) in [6, 6.07) is 11.5. The fourth-order valence-corrected chi connectivity index (χ4v) is 5.94. The van der Waals surface area contributed by atoms with Crippen LogP contribution in [-0.2, 0) is 6.42 Å². The Hall–Kier alpha value is -2.67. The Kier molecular flexibility index (Phi) is 4.65. The number of thiazole rings is 1. The second kappa shape index (κ2) is 7.23. The predicted molar refractivity (Wildman–Crippen MR) is 120 cm³/mol. The highest BCUT2D eigenvalue weighted by atomic mass is 35.5. The summed E-state index contributed by atoms with van der Waals surface area (Å²) < 4.78 is 14.1. The topological polar surface area (TPSA) is 47.0 Å². The smallest absolute Gasteiger partial charge is 0.197 e. The van der Waals surface area contributed by atoms with E-state index < -0.39 is 0 Å². The highest BCUT2D eigenvalue weighted by Crippen LogP contribution is 2.38. The molecule has 0 amide bonds. The summed E-state index contributed by atoms with van der Waals surface area (Å²) in [5.74, 6) is -0.848. The molecule has 2 aromatic heterocycles. The molecule has 0 saturated carbocycles. The lowest BCUT2D eigenvalue weighted by atomic mass is 10.0. The number of carbonyl (C=O) groups is 2. The van der Waals surface area contributed by atoms with Crippen LogP contribution in [-0.4, -0.2) is 16.6 Å². The minimum absolute atomic E-state index is 0.155. The number of halogens is 2. The maximum absolute atomic E-state index is 13.1. The molecule has 0 unspecified atom stereocenters. The number of rotatable bonds is 3. The molecule has 30 heavy (non-hydrogen) atoms. The van der Waals surface area contributed by atoms with Gasteiger partial charge in [-0.3, -0.25) is 9.59 Å². The van der Waals surface area contributed by atoms with Crippen LogP contribution >= 0.6 is 34.3 Å². The van der Waals surface area contributed by atoms with Crippen LogP contribution < -0.4 is 0 Å². The third-order valence-corrected chi connectivity index (χ3v) is 7.54. The van der Waals surface area contributed by atoms with E-state index in [9.17, 15) is 14.0 Å². The predicted octanol–water partition coefficient (Wildman–Crippen LogP) is 6.84. The van der Waals surface area contributed by atoms with E-state index >= 15 is 0 Å². The maximum atomic E-state index is 13.1. The SMILES string of the molecule is CCc1cc2c(cc1Cl)C(=O)/C(=C\c1cc3sc(-c4ccc(F)cc4)nc3s1)C2=O. The van der Waals surface area contributed by atoms with Gasteiger partial charge in [-0.2, -0.15) is 0 Å². The molecule has 0 atom stereocenters. The average Bonchev–Trinajstić information content (AvgIpc) is 3.35. The maximum Gasteiger partial charge on any atom is 0.197 e. The normalized spacial score (nSPS) is 14.8. The molecule has 7 heteroatoms. The molecule has 148 valence electrons. The summed E-state index contributed by atoms with van der Waals surface area (Å²) in [4.78, 5) is 31.9. The van der Waals surface area contributed by atoms with Gasteiger partial charge in [0.05, 0.1) is 10.3 Å². The molecule has 0 fully saturated rings. The zero-order valence-corrected chi connectivity index (χ0v) is 18.1. The number of benzene rings is 2. The molecule has 0 saturated heterocycles. The fraction of sp³-hybridized carbons (Fsp3) is 0.0870. The molecule has 4 aromatic rings. The van der Waals surface area contributed by atoms with E-state index in [1.165, 1.54) is 34.8 Å². The van der Waals surface area contributed by atoms with E-state index in [2.05, 4.69) is 4.98 Å². The van der Waals surface area contributed by atoms with Gasteiger partial charge < -0.3 is 0 Å². The Balaban J connectivity index is 1.50. The van der Waals surface area contributed by atoms with Gasteiger partial charge in [0.25, 0.3) is 0 Å². The van der Waals surface area contributed by atoms with E-state index in [1.807, 2.05) is 13.0 Å². The van der Waals surface area contributed by atoms with E-state index in [0.717, 1.165) is 30.5 Å². The summed E-state index contributed by atoms with van der Waals surface area (Å²) in [5.41, 5.74) is 2.64. The van der Waals surface area contributed by atoms with Crippen LogP contribution in [0.5, 0.6) is 0 Å². The molecule has 5 rings (SSSR count). The first-order valence-corrected chi connectivity index (χ1v) is 11.3. The number of nitrogens with zero attached hydrogens (tertiary/aromatic N) is 1. The molecule has 2 heterocycles. The van der Waals surface area contributed by atoms with Crippen LogP contribution in [0.3, 0.4) is 0 Å². The summed E-state index contributed by atoms with van der Waals surface area (Å²) >= 11 is 9.14. The van der Waals surface area contributed by atoms with Gasteiger partial charge in [0, 0.05) is 26.6 Å². The number of allylic oxidation sites excluding steroid dienone is 1. The second-order valence-corrected chi connectivity index (χ2v) is 9.40. The van der Waals surface area contributed by atoms with Gasteiger partial charge in [0.1, 0.15) is 15.7 Å². The number of fused-ring (bicyclic) bond motifs is 2. The molecule has 1 aliphatic carbocycles. The lowest BCUT2D eigenvalue weighted by Crippen LogP contribution is -1.99. The van der Waals surface area contributed by atoms with Gasteiger partial charge >= 0.3 is 0 Å². The Labute approximate surface area is 184 Å². The quantitative estimate of drug-likeness (QED) is 0.252. The van der Waals surface area contributed by atoms with Crippen molar-refractivity contribution in [3.05, 3.63) is 80.4 Å². The van der Waals surface area contributed by atoms with E-state index in [4.69, 9.17) is 11.6 Å². The first-order chi connectivity index (χ1) is 14.4. The molecule has 0 bridgehead atoms. The van der Waals surface area contributed by atoms with Gasteiger partial charge in [0.2, 0.25) is 0 Å². The summed E-state index contributed by atoms with van der Waals surface area (Å²) in [7, 11) is 0. The van der Waals surface area contributed by atoms with E-state index in [1.54, 1.807) is 30.3 Å².